The Morgan fingerprint density at radius 2 is 2.00 bits per heavy atom. The fourth-order valence-corrected chi connectivity index (χ4v) is 4.85. The van der Waals surface area contributed by atoms with Crippen LogP contribution in [-0.2, 0) is 10.5 Å². The van der Waals surface area contributed by atoms with Gasteiger partial charge in [0.1, 0.15) is 10.8 Å². The summed E-state index contributed by atoms with van der Waals surface area (Å²) in [4.78, 5) is 19.8. The van der Waals surface area contributed by atoms with E-state index < -0.39 is 0 Å². The summed E-state index contributed by atoms with van der Waals surface area (Å²) in [6.07, 6.45) is 2.09. The predicted molar refractivity (Wildman–Crippen MR) is 118 cm³/mol. The van der Waals surface area contributed by atoms with Crippen molar-refractivity contribution in [3.05, 3.63) is 40.9 Å². The number of carbonyl (C=O) groups excluding carboxylic acids is 1. The number of nitrogens with zero attached hydrogens (tertiary/aromatic N) is 3. The quantitative estimate of drug-likeness (QED) is 0.670. The fraction of sp³-hybridized carbons (Fsp3) is 0.591. The van der Waals surface area contributed by atoms with Gasteiger partial charge < -0.3 is 14.6 Å². The van der Waals surface area contributed by atoms with Crippen molar-refractivity contribution >= 4 is 17.7 Å². The topological polar surface area (TPSA) is 80.5 Å². The van der Waals surface area contributed by atoms with Crippen molar-refractivity contribution in [2.45, 2.75) is 70.1 Å². The molecule has 2 aromatic rings. The molecule has 1 fully saturated rings. The Balaban J connectivity index is 1.64. The fourth-order valence-electron chi connectivity index (χ4n) is 3.70. The van der Waals surface area contributed by atoms with E-state index in [2.05, 4.69) is 48.1 Å². The van der Waals surface area contributed by atoms with E-state index >= 15 is 0 Å². The van der Waals surface area contributed by atoms with E-state index in [0.717, 1.165) is 30.1 Å². The number of aryl methyl sites for hydroxylation is 2. The number of hydrogen-bond acceptors (Lipinski definition) is 7. The van der Waals surface area contributed by atoms with Crippen molar-refractivity contribution in [3.63, 3.8) is 0 Å². The minimum absolute atomic E-state index is 0.105. The van der Waals surface area contributed by atoms with Crippen molar-refractivity contribution in [3.8, 4) is 0 Å². The largest absolute Gasteiger partial charge is 0.373 e. The molecule has 1 aliphatic heterocycles. The van der Waals surface area contributed by atoms with Crippen LogP contribution in [0.3, 0.4) is 0 Å². The van der Waals surface area contributed by atoms with Gasteiger partial charge in [0, 0.05) is 42.7 Å². The molecular formula is C22H32N4O3S. The highest BCUT2D eigenvalue weighted by atomic mass is 32.2. The minimum atomic E-state index is -0.172. The van der Waals surface area contributed by atoms with E-state index in [1.165, 1.54) is 11.8 Å². The monoisotopic (exact) mass is 432 g/mol. The number of ether oxygens (including phenoxy) is 1. The summed E-state index contributed by atoms with van der Waals surface area (Å²) in [5.74, 6) is 1.36. The first-order valence-corrected chi connectivity index (χ1v) is 11.3. The van der Waals surface area contributed by atoms with Gasteiger partial charge in [-0.05, 0) is 53.7 Å². The van der Waals surface area contributed by atoms with Crippen LogP contribution >= 0.6 is 11.8 Å². The lowest BCUT2D eigenvalue weighted by atomic mass is 10.00. The van der Waals surface area contributed by atoms with E-state index in [0.29, 0.717) is 22.9 Å². The van der Waals surface area contributed by atoms with E-state index in [1.807, 2.05) is 19.9 Å². The smallest absolute Gasteiger partial charge is 0.254 e. The summed E-state index contributed by atoms with van der Waals surface area (Å²) < 4.78 is 11.1. The molecule has 1 amide bonds. The van der Waals surface area contributed by atoms with Crippen molar-refractivity contribution in [2.75, 3.05) is 19.6 Å². The number of rotatable bonds is 7. The van der Waals surface area contributed by atoms with E-state index in [-0.39, 0.29) is 23.7 Å². The Morgan fingerprint density at radius 1 is 1.30 bits per heavy atom. The number of morpholine rings is 1. The molecule has 2 unspecified atom stereocenters. The first kappa shape index (κ1) is 22.8. The molecule has 1 saturated heterocycles. The van der Waals surface area contributed by atoms with Crippen molar-refractivity contribution < 1.29 is 14.1 Å². The van der Waals surface area contributed by atoms with E-state index in [9.17, 15) is 4.79 Å². The Kier molecular flexibility index (Phi) is 7.21. The number of aromatic nitrogens is 2. The van der Waals surface area contributed by atoms with Crippen molar-refractivity contribution in [1.82, 2.24) is 20.4 Å². The highest BCUT2D eigenvalue weighted by molar-refractivity contribution is 7.98. The zero-order valence-corrected chi connectivity index (χ0v) is 19.5. The van der Waals surface area contributed by atoms with E-state index in [4.69, 9.17) is 9.26 Å². The molecule has 0 radical (unpaired) electrons. The maximum absolute atomic E-state index is 13.0. The van der Waals surface area contributed by atoms with Gasteiger partial charge >= 0.3 is 0 Å². The summed E-state index contributed by atoms with van der Waals surface area (Å²) >= 11 is 1.52. The molecule has 1 N–H and O–H groups in total. The molecule has 8 heteroatoms. The molecule has 3 rings (SSSR count). The van der Waals surface area contributed by atoms with Gasteiger partial charge in [-0.15, -0.1) is 11.8 Å². The number of carbonyl (C=O) groups is 1. The normalized spacial score (nSPS) is 20.3. The second kappa shape index (κ2) is 9.49. The minimum Gasteiger partial charge on any atom is -0.373 e. The summed E-state index contributed by atoms with van der Waals surface area (Å²) in [5, 5.41) is 7.82. The third kappa shape index (κ3) is 5.42. The van der Waals surface area contributed by atoms with Gasteiger partial charge in [-0.25, -0.2) is 4.98 Å². The molecule has 30 heavy (non-hydrogen) atoms. The average molecular weight is 433 g/mol. The summed E-state index contributed by atoms with van der Waals surface area (Å²) in [6, 6.07) is 3.62. The third-order valence-corrected chi connectivity index (χ3v) is 6.54. The molecule has 0 bridgehead atoms. The van der Waals surface area contributed by atoms with Crippen molar-refractivity contribution in [1.29, 1.82) is 0 Å². The van der Waals surface area contributed by atoms with E-state index in [1.54, 1.807) is 12.3 Å². The van der Waals surface area contributed by atoms with Gasteiger partial charge in [0.2, 0.25) is 0 Å². The number of pyridine rings is 1. The highest BCUT2D eigenvalue weighted by Gasteiger charge is 2.33. The second-order valence-electron chi connectivity index (χ2n) is 8.60. The third-order valence-electron chi connectivity index (χ3n) is 5.51. The van der Waals surface area contributed by atoms with Gasteiger partial charge in [0.05, 0.1) is 23.5 Å². The molecule has 7 nitrogen and oxygen atoms in total. The first-order chi connectivity index (χ1) is 14.2. The SMILES string of the molecule is Cc1noc(C)c1CSc1ncccc1C(=O)NCC(C)(C)N1CC(C)OC(C)C1. The van der Waals surface area contributed by atoms with Crippen LogP contribution in [0, 0.1) is 13.8 Å². The van der Waals surface area contributed by atoms with Crippen LogP contribution in [0.5, 0.6) is 0 Å². The van der Waals surface area contributed by atoms with Crippen LogP contribution in [0.25, 0.3) is 0 Å². The molecule has 2 atom stereocenters. The van der Waals surface area contributed by atoms with Gasteiger partial charge in [-0.2, -0.15) is 0 Å². The standard InChI is InChI=1S/C22H32N4O3S/c1-14-10-26(11-15(2)28-14)22(5,6)13-24-20(27)18-8-7-9-23-21(18)30-12-19-16(3)25-29-17(19)4/h7-9,14-15H,10-13H2,1-6H3,(H,24,27). The number of hydrogen-bond donors (Lipinski definition) is 1. The summed E-state index contributed by atoms with van der Waals surface area (Å²) in [6.45, 7) is 14.6. The van der Waals surface area contributed by atoms with Gasteiger partial charge in [0.25, 0.3) is 5.91 Å². The molecule has 1 aliphatic rings. The molecular weight excluding hydrogens is 400 g/mol. The molecule has 2 aromatic heterocycles. The summed E-state index contributed by atoms with van der Waals surface area (Å²) in [5.41, 5.74) is 2.34. The van der Waals surface area contributed by atoms with Crippen molar-refractivity contribution in [2.24, 2.45) is 0 Å². The molecule has 164 valence electrons. The Morgan fingerprint density at radius 3 is 2.63 bits per heavy atom. The zero-order chi connectivity index (χ0) is 21.9. The van der Waals surface area contributed by atoms with Crippen LogP contribution in [0.4, 0.5) is 0 Å². The molecule has 3 heterocycles. The van der Waals surface area contributed by atoms with Crippen LogP contribution in [0.1, 0.15) is 55.1 Å². The van der Waals surface area contributed by atoms with Crippen LogP contribution in [-0.4, -0.2) is 58.3 Å². The second-order valence-corrected chi connectivity index (χ2v) is 9.57. The molecule has 0 saturated carbocycles. The van der Waals surface area contributed by atoms with Crippen LogP contribution in [0.2, 0.25) is 0 Å². The van der Waals surface area contributed by atoms with Gasteiger partial charge in [-0.1, -0.05) is 5.16 Å². The lowest BCUT2D eigenvalue weighted by molar-refractivity contribution is -0.0948. The number of amides is 1. The predicted octanol–water partition coefficient (Wildman–Crippen LogP) is 3.60. The molecule has 0 aromatic carbocycles. The maximum atomic E-state index is 13.0. The summed E-state index contributed by atoms with van der Waals surface area (Å²) in [7, 11) is 0. The number of nitrogens with one attached hydrogen (secondary N) is 1. The lowest BCUT2D eigenvalue weighted by Crippen LogP contribution is -2.58. The number of thioether (sulfide) groups is 1. The Bertz CT molecular complexity index is 854. The Hall–Kier alpha value is -1.90. The molecule has 0 spiro atoms. The van der Waals surface area contributed by atoms with Crippen LogP contribution in [0.15, 0.2) is 27.9 Å². The van der Waals surface area contributed by atoms with Gasteiger partial charge in [-0.3, -0.25) is 9.69 Å². The zero-order valence-electron chi connectivity index (χ0n) is 18.7. The van der Waals surface area contributed by atoms with Crippen LogP contribution < -0.4 is 5.32 Å². The van der Waals surface area contributed by atoms with Gasteiger partial charge in [0.15, 0.2) is 0 Å². The maximum Gasteiger partial charge on any atom is 0.254 e. The average Bonchev–Trinajstić information content (AvgIpc) is 3.01. The highest BCUT2D eigenvalue weighted by Crippen LogP contribution is 2.27. The molecule has 0 aliphatic carbocycles. The first-order valence-electron chi connectivity index (χ1n) is 10.4. The Labute approximate surface area is 182 Å². The lowest BCUT2D eigenvalue weighted by Gasteiger charge is -2.45.